The molecule has 0 amide bonds. The second-order valence-electron chi connectivity index (χ2n) is 4.21. The third-order valence-corrected chi connectivity index (χ3v) is 4.24. The van der Waals surface area contributed by atoms with E-state index in [0.717, 1.165) is 11.5 Å². The lowest BCUT2D eigenvalue weighted by Crippen LogP contribution is -2.55. The fourth-order valence-corrected chi connectivity index (χ4v) is 3.11. The Balaban J connectivity index is 2.90. The lowest BCUT2D eigenvalue weighted by atomic mass is 9.70. The van der Waals surface area contributed by atoms with E-state index in [-0.39, 0.29) is 6.61 Å². The summed E-state index contributed by atoms with van der Waals surface area (Å²) in [5.74, 6) is 0.630. The quantitative estimate of drug-likeness (QED) is 0.759. The minimum absolute atomic E-state index is 0.0451. The van der Waals surface area contributed by atoms with Crippen LogP contribution in [0.4, 0.5) is 0 Å². The Kier molecular flexibility index (Phi) is 4.03. The van der Waals surface area contributed by atoms with Crippen LogP contribution >= 0.6 is 11.8 Å². The van der Waals surface area contributed by atoms with E-state index in [0.29, 0.717) is 12.8 Å². The molecule has 1 aliphatic heterocycles. The molecule has 4 nitrogen and oxygen atoms in total. The number of ether oxygens (including phenoxy) is 1. The molecule has 15 heavy (non-hydrogen) atoms. The zero-order valence-corrected chi connectivity index (χ0v) is 9.97. The molecule has 1 aliphatic rings. The molecule has 0 bridgehead atoms. The van der Waals surface area contributed by atoms with E-state index < -0.39 is 17.0 Å². The molecule has 0 aromatic heterocycles. The van der Waals surface area contributed by atoms with Gasteiger partial charge in [0.1, 0.15) is 5.41 Å². The largest absolute Gasteiger partial charge is 0.481 e. The molecule has 88 valence electrons. The van der Waals surface area contributed by atoms with E-state index in [1.165, 1.54) is 7.11 Å². The second kappa shape index (κ2) is 4.72. The number of rotatable bonds is 4. The molecular formula is C10H18O4S. The van der Waals surface area contributed by atoms with Crippen LogP contribution in [-0.2, 0) is 9.53 Å². The summed E-state index contributed by atoms with van der Waals surface area (Å²) in [7, 11) is 1.46. The number of carboxylic acid groups (broad SMARTS) is 1. The minimum atomic E-state index is -1.21. The van der Waals surface area contributed by atoms with Gasteiger partial charge >= 0.3 is 5.97 Å². The molecule has 1 unspecified atom stereocenters. The summed E-state index contributed by atoms with van der Waals surface area (Å²) >= 11 is 1.75. The second-order valence-corrected chi connectivity index (χ2v) is 5.44. The highest BCUT2D eigenvalue weighted by Crippen LogP contribution is 2.41. The number of methoxy groups -OCH3 is 1. The number of hydrogen-bond acceptors (Lipinski definition) is 4. The first-order valence-electron chi connectivity index (χ1n) is 4.99. The Labute approximate surface area is 94.0 Å². The van der Waals surface area contributed by atoms with Crippen LogP contribution in [0.25, 0.3) is 0 Å². The van der Waals surface area contributed by atoms with Crippen molar-refractivity contribution in [3.8, 4) is 0 Å². The van der Waals surface area contributed by atoms with Crippen LogP contribution in [0.2, 0.25) is 0 Å². The van der Waals surface area contributed by atoms with Crippen LogP contribution in [0.3, 0.4) is 0 Å². The summed E-state index contributed by atoms with van der Waals surface area (Å²) in [6.45, 7) is 1.61. The van der Waals surface area contributed by atoms with Gasteiger partial charge in [-0.3, -0.25) is 4.79 Å². The zero-order chi connectivity index (χ0) is 11.5. The molecule has 2 N–H and O–H groups in total. The van der Waals surface area contributed by atoms with Crippen molar-refractivity contribution in [2.45, 2.75) is 25.4 Å². The summed E-state index contributed by atoms with van der Waals surface area (Å²) < 4.78 is 4.94. The van der Waals surface area contributed by atoms with E-state index >= 15 is 0 Å². The van der Waals surface area contributed by atoms with Crippen molar-refractivity contribution in [3.63, 3.8) is 0 Å². The van der Waals surface area contributed by atoms with E-state index in [2.05, 4.69) is 0 Å². The Morgan fingerprint density at radius 1 is 1.53 bits per heavy atom. The Morgan fingerprint density at radius 3 is 2.47 bits per heavy atom. The fraction of sp³-hybridized carbons (Fsp3) is 0.900. The van der Waals surface area contributed by atoms with E-state index in [1.54, 1.807) is 18.7 Å². The zero-order valence-electron chi connectivity index (χ0n) is 9.15. The van der Waals surface area contributed by atoms with Crippen LogP contribution in [0, 0.1) is 5.41 Å². The molecule has 0 aromatic carbocycles. The van der Waals surface area contributed by atoms with Crippen LogP contribution in [0.15, 0.2) is 0 Å². The van der Waals surface area contributed by atoms with E-state index in [1.807, 2.05) is 0 Å². The summed E-state index contributed by atoms with van der Waals surface area (Å²) in [4.78, 5) is 11.3. The molecular weight excluding hydrogens is 216 g/mol. The van der Waals surface area contributed by atoms with Gasteiger partial charge in [-0.1, -0.05) is 0 Å². The van der Waals surface area contributed by atoms with Gasteiger partial charge in [0.2, 0.25) is 0 Å². The van der Waals surface area contributed by atoms with Crippen molar-refractivity contribution in [3.05, 3.63) is 0 Å². The van der Waals surface area contributed by atoms with Crippen molar-refractivity contribution in [1.82, 2.24) is 0 Å². The van der Waals surface area contributed by atoms with Gasteiger partial charge < -0.3 is 14.9 Å². The summed E-state index contributed by atoms with van der Waals surface area (Å²) in [5, 5.41) is 19.7. The molecule has 0 radical (unpaired) electrons. The normalized spacial score (nSPS) is 24.5. The number of aliphatic carboxylic acids is 1. The van der Waals surface area contributed by atoms with Crippen molar-refractivity contribution in [2.75, 3.05) is 25.2 Å². The third kappa shape index (κ3) is 2.29. The average molecular weight is 234 g/mol. The van der Waals surface area contributed by atoms with Crippen LogP contribution < -0.4 is 0 Å². The summed E-state index contributed by atoms with van der Waals surface area (Å²) in [6.07, 6.45) is 1.04. The molecule has 0 spiro atoms. The van der Waals surface area contributed by atoms with Gasteiger partial charge in [0.05, 0.1) is 12.2 Å². The topological polar surface area (TPSA) is 66.8 Å². The molecule has 0 aliphatic carbocycles. The maximum Gasteiger partial charge on any atom is 0.314 e. The van der Waals surface area contributed by atoms with Gasteiger partial charge in [0, 0.05) is 7.11 Å². The van der Waals surface area contributed by atoms with Crippen molar-refractivity contribution >= 4 is 17.7 Å². The predicted molar refractivity (Wildman–Crippen MR) is 59.1 cm³/mol. The first kappa shape index (κ1) is 12.8. The molecule has 1 rings (SSSR count). The monoisotopic (exact) mass is 234 g/mol. The molecule has 0 aromatic rings. The minimum Gasteiger partial charge on any atom is -0.481 e. The smallest absolute Gasteiger partial charge is 0.314 e. The van der Waals surface area contributed by atoms with Gasteiger partial charge in [0.15, 0.2) is 0 Å². The van der Waals surface area contributed by atoms with Crippen LogP contribution in [0.5, 0.6) is 0 Å². The number of carboxylic acids is 1. The van der Waals surface area contributed by atoms with Crippen LogP contribution in [-0.4, -0.2) is 47.0 Å². The fourth-order valence-electron chi connectivity index (χ4n) is 1.94. The highest BCUT2D eigenvalue weighted by Gasteiger charge is 2.52. The third-order valence-electron chi connectivity index (χ3n) is 3.25. The van der Waals surface area contributed by atoms with Gasteiger partial charge in [-0.05, 0) is 31.3 Å². The molecule has 1 heterocycles. The van der Waals surface area contributed by atoms with E-state index in [9.17, 15) is 15.0 Å². The van der Waals surface area contributed by atoms with Gasteiger partial charge in [-0.15, -0.1) is 0 Å². The lowest BCUT2D eigenvalue weighted by molar-refractivity contribution is -0.176. The van der Waals surface area contributed by atoms with E-state index in [4.69, 9.17) is 4.74 Å². The molecule has 0 saturated carbocycles. The highest BCUT2D eigenvalue weighted by molar-refractivity contribution is 7.99. The summed E-state index contributed by atoms with van der Waals surface area (Å²) in [5.41, 5.74) is -2.34. The number of hydrogen-bond donors (Lipinski definition) is 2. The summed E-state index contributed by atoms with van der Waals surface area (Å²) in [6, 6.07) is 0. The predicted octanol–water partition coefficient (Wildman–Crippen LogP) is 0.982. The van der Waals surface area contributed by atoms with Crippen molar-refractivity contribution in [2.24, 2.45) is 5.41 Å². The van der Waals surface area contributed by atoms with Crippen molar-refractivity contribution < 1.29 is 19.7 Å². The maximum absolute atomic E-state index is 11.3. The Morgan fingerprint density at radius 2 is 2.07 bits per heavy atom. The Bertz CT molecular complexity index is 238. The molecule has 1 atom stereocenters. The van der Waals surface area contributed by atoms with Gasteiger partial charge in [0.25, 0.3) is 0 Å². The highest BCUT2D eigenvalue weighted by atomic mass is 32.2. The number of aliphatic hydroxyl groups is 1. The SMILES string of the molecule is COCC(C)(C(=O)O)C1(O)CCSCC1. The molecule has 1 saturated heterocycles. The van der Waals surface area contributed by atoms with Gasteiger partial charge in [-0.2, -0.15) is 11.8 Å². The standard InChI is InChI=1S/C10H18O4S/c1-9(7-14-2,8(11)12)10(13)3-5-15-6-4-10/h13H,3-7H2,1-2H3,(H,11,12). The lowest BCUT2D eigenvalue weighted by Gasteiger charge is -2.43. The number of carbonyl (C=O) groups is 1. The molecule has 1 fully saturated rings. The first-order chi connectivity index (χ1) is 6.96. The first-order valence-corrected chi connectivity index (χ1v) is 6.14. The average Bonchev–Trinajstić information content (AvgIpc) is 2.18. The van der Waals surface area contributed by atoms with Gasteiger partial charge in [-0.25, -0.2) is 0 Å². The Hall–Kier alpha value is -0.260. The molecule has 5 heteroatoms. The van der Waals surface area contributed by atoms with Crippen LogP contribution in [0.1, 0.15) is 19.8 Å². The van der Waals surface area contributed by atoms with Crippen molar-refractivity contribution in [1.29, 1.82) is 0 Å². The number of thioether (sulfide) groups is 1. The maximum atomic E-state index is 11.3.